The molecule has 0 bridgehead atoms. The Morgan fingerprint density at radius 3 is 2.89 bits per heavy atom. The Labute approximate surface area is 164 Å². The molecule has 0 aromatic carbocycles. The third kappa shape index (κ3) is 3.15. The molecule has 5 rings (SSSR count). The smallest absolute Gasteiger partial charge is 0.289 e. The molecule has 1 N–H and O–H groups in total. The third-order valence-electron chi connectivity index (χ3n) is 6.42. The highest BCUT2D eigenvalue weighted by atomic mass is 16.5. The number of likely N-dealkylation sites (tertiary alicyclic amines) is 1. The van der Waals surface area contributed by atoms with Crippen molar-refractivity contribution in [3.05, 3.63) is 35.5 Å². The Morgan fingerprint density at radius 2 is 2.11 bits per heavy atom. The minimum absolute atomic E-state index is 0.0724. The number of pyridine rings is 1. The summed E-state index contributed by atoms with van der Waals surface area (Å²) in [4.78, 5) is 19.3. The number of hydrogen-bond acceptors (Lipinski definition) is 6. The Morgan fingerprint density at radius 1 is 1.25 bits per heavy atom. The topological polar surface area (TPSA) is 85.2 Å². The maximum Gasteiger partial charge on any atom is 0.289 e. The lowest BCUT2D eigenvalue weighted by atomic mass is 9.89. The van der Waals surface area contributed by atoms with Crippen molar-refractivity contribution >= 4 is 5.91 Å². The summed E-state index contributed by atoms with van der Waals surface area (Å²) in [5.41, 5.74) is 1.11. The second-order valence-electron chi connectivity index (χ2n) is 8.24. The molecule has 2 aromatic heterocycles. The van der Waals surface area contributed by atoms with Gasteiger partial charge in [-0.25, -0.2) is 4.98 Å². The standard InChI is InChI=1S/C20H26N6O2/c1-28-20-13(4-3-7-21-20)9-25-10-14-8-17-23-24-18(26(17)12-15(14)11-25)19(27)22-16-5-2-6-16/h3-4,7,14-16H,2,5-6,8-12H2,1H3,(H,22,27)/t14-,15+/m1/s1. The molecule has 148 valence electrons. The summed E-state index contributed by atoms with van der Waals surface area (Å²) in [5, 5.41) is 11.6. The van der Waals surface area contributed by atoms with Crippen molar-refractivity contribution in [1.82, 2.24) is 30.0 Å². The number of nitrogens with zero attached hydrogens (tertiary/aromatic N) is 5. The summed E-state index contributed by atoms with van der Waals surface area (Å²) in [6.45, 7) is 3.68. The van der Waals surface area contributed by atoms with Crippen molar-refractivity contribution in [1.29, 1.82) is 0 Å². The van der Waals surface area contributed by atoms with Crippen LogP contribution in [0.25, 0.3) is 0 Å². The molecule has 1 aliphatic carbocycles. The van der Waals surface area contributed by atoms with Gasteiger partial charge in [0.25, 0.3) is 5.91 Å². The van der Waals surface area contributed by atoms with E-state index in [4.69, 9.17) is 4.74 Å². The van der Waals surface area contributed by atoms with Gasteiger partial charge in [0.1, 0.15) is 5.82 Å². The zero-order valence-electron chi connectivity index (χ0n) is 16.2. The molecule has 2 atom stereocenters. The maximum absolute atomic E-state index is 12.6. The quantitative estimate of drug-likeness (QED) is 0.838. The van der Waals surface area contributed by atoms with Crippen LogP contribution in [0.5, 0.6) is 5.88 Å². The second kappa shape index (κ2) is 7.16. The van der Waals surface area contributed by atoms with Crippen LogP contribution >= 0.6 is 0 Å². The van der Waals surface area contributed by atoms with E-state index < -0.39 is 0 Å². The average Bonchev–Trinajstić information content (AvgIpc) is 3.25. The zero-order chi connectivity index (χ0) is 19.1. The van der Waals surface area contributed by atoms with E-state index in [1.165, 1.54) is 6.42 Å². The van der Waals surface area contributed by atoms with Gasteiger partial charge >= 0.3 is 0 Å². The van der Waals surface area contributed by atoms with Gasteiger partial charge in [0, 0.05) is 50.4 Å². The molecule has 3 aliphatic rings. The minimum Gasteiger partial charge on any atom is -0.481 e. The first-order chi connectivity index (χ1) is 13.7. The molecule has 2 fully saturated rings. The van der Waals surface area contributed by atoms with Crippen molar-refractivity contribution in [2.45, 2.75) is 44.8 Å². The van der Waals surface area contributed by atoms with E-state index in [0.717, 1.165) is 56.8 Å². The number of carbonyl (C=O) groups excluding carboxylic acids is 1. The number of aromatic nitrogens is 4. The molecule has 0 radical (unpaired) electrons. The molecule has 2 aromatic rings. The first-order valence-corrected chi connectivity index (χ1v) is 10.1. The average molecular weight is 382 g/mol. The van der Waals surface area contributed by atoms with Crippen LogP contribution < -0.4 is 10.1 Å². The maximum atomic E-state index is 12.6. The molecule has 28 heavy (non-hydrogen) atoms. The fourth-order valence-corrected chi connectivity index (χ4v) is 4.69. The predicted octanol–water partition coefficient (Wildman–Crippen LogP) is 1.27. The van der Waals surface area contributed by atoms with E-state index in [-0.39, 0.29) is 5.91 Å². The molecule has 8 nitrogen and oxygen atoms in total. The van der Waals surface area contributed by atoms with Gasteiger partial charge < -0.3 is 14.6 Å². The molecular weight excluding hydrogens is 356 g/mol. The van der Waals surface area contributed by atoms with Crippen LogP contribution in [0.1, 0.15) is 41.3 Å². The van der Waals surface area contributed by atoms with Crippen molar-refractivity contribution in [3.63, 3.8) is 0 Å². The van der Waals surface area contributed by atoms with Crippen LogP contribution in [0.15, 0.2) is 18.3 Å². The molecule has 0 spiro atoms. The van der Waals surface area contributed by atoms with Crippen molar-refractivity contribution in [3.8, 4) is 5.88 Å². The van der Waals surface area contributed by atoms with Crippen molar-refractivity contribution < 1.29 is 9.53 Å². The van der Waals surface area contributed by atoms with Gasteiger partial charge in [0.2, 0.25) is 11.7 Å². The Balaban J connectivity index is 1.27. The van der Waals surface area contributed by atoms with Gasteiger partial charge in [-0.1, -0.05) is 6.07 Å². The number of amides is 1. The summed E-state index contributed by atoms with van der Waals surface area (Å²) in [7, 11) is 1.66. The van der Waals surface area contributed by atoms with E-state index in [1.54, 1.807) is 13.3 Å². The van der Waals surface area contributed by atoms with Crippen molar-refractivity contribution in [2.75, 3.05) is 20.2 Å². The molecule has 2 aliphatic heterocycles. The molecule has 4 heterocycles. The summed E-state index contributed by atoms with van der Waals surface area (Å²) in [6, 6.07) is 4.34. The first kappa shape index (κ1) is 17.6. The number of rotatable bonds is 5. The Kier molecular flexibility index (Phi) is 4.50. The van der Waals surface area contributed by atoms with E-state index in [2.05, 4.69) is 31.5 Å². The van der Waals surface area contributed by atoms with Gasteiger partial charge in [0.05, 0.1) is 7.11 Å². The van der Waals surface area contributed by atoms with Crippen LogP contribution in [-0.4, -0.2) is 56.8 Å². The number of methoxy groups -OCH3 is 1. The molecule has 0 unspecified atom stereocenters. The Hall–Kier alpha value is -2.48. The first-order valence-electron chi connectivity index (χ1n) is 10.1. The van der Waals surface area contributed by atoms with Crippen molar-refractivity contribution in [2.24, 2.45) is 11.8 Å². The number of ether oxygens (including phenoxy) is 1. The molecule has 1 saturated carbocycles. The molecule has 8 heteroatoms. The number of fused-ring (bicyclic) bond motifs is 2. The third-order valence-corrected chi connectivity index (χ3v) is 6.42. The fourth-order valence-electron chi connectivity index (χ4n) is 4.69. The summed E-state index contributed by atoms with van der Waals surface area (Å²) in [6.07, 6.45) is 5.99. The van der Waals surface area contributed by atoms with Crippen LogP contribution in [-0.2, 0) is 19.5 Å². The Bertz CT molecular complexity index is 877. The van der Waals surface area contributed by atoms with Gasteiger partial charge in [-0.15, -0.1) is 10.2 Å². The lowest BCUT2D eigenvalue weighted by Crippen LogP contribution is -2.41. The SMILES string of the molecule is COc1ncccc1CN1C[C@H]2Cc3nnc(C(=O)NC4CCC4)n3C[C@@H]2C1. The lowest BCUT2D eigenvalue weighted by Gasteiger charge is -2.28. The normalized spacial score (nSPS) is 24.3. The van der Waals surface area contributed by atoms with E-state index >= 15 is 0 Å². The summed E-state index contributed by atoms with van der Waals surface area (Å²) in [5.74, 6) is 3.12. The lowest BCUT2D eigenvalue weighted by molar-refractivity contribution is 0.0898. The van der Waals surface area contributed by atoms with Crippen LogP contribution in [0, 0.1) is 11.8 Å². The number of carbonyl (C=O) groups is 1. The van der Waals surface area contributed by atoms with Gasteiger partial charge in [-0.3, -0.25) is 9.69 Å². The summed E-state index contributed by atoms with van der Waals surface area (Å²) >= 11 is 0. The van der Waals surface area contributed by atoms with Crippen LogP contribution in [0.4, 0.5) is 0 Å². The highest BCUT2D eigenvalue weighted by molar-refractivity contribution is 5.91. The van der Waals surface area contributed by atoms with Crippen LogP contribution in [0.2, 0.25) is 0 Å². The number of nitrogens with one attached hydrogen (secondary N) is 1. The van der Waals surface area contributed by atoms with Crippen LogP contribution in [0.3, 0.4) is 0 Å². The largest absolute Gasteiger partial charge is 0.481 e. The predicted molar refractivity (Wildman–Crippen MR) is 102 cm³/mol. The molecule has 1 saturated heterocycles. The van der Waals surface area contributed by atoms with Gasteiger partial charge in [-0.2, -0.15) is 0 Å². The monoisotopic (exact) mass is 382 g/mol. The van der Waals surface area contributed by atoms with Gasteiger partial charge in [0.15, 0.2) is 0 Å². The zero-order valence-corrected chi connectivity index (χ0v) is 16.2. The summed E-state index contributed by atoms with van der Waals surface area (Å²) < 4.78 is 7.44. The fraction of sp³-hybridized carbons (Fsp3) is 0.600. The van der Waals surface area contributed by atoms with E-state index in [1.807, 2.05) is 10.6 Å². The second-order valence-corrected chi connectivity index (χ2v) is 8.24. The highest BCUT2D eigenvalue weighted by Crippen LogP contribution is 2.34. The molecular formula is C20H26N6O2. The van der Waals surface area contributed by atoms with Gasteiger partial charge in [-0.05, 0) is 37.2 Å². The van der Waals surface area contributed by atoms with E-state index in [0.29, 0.717) is 29.6 Å². The van der Waals surface area contributed by atoms with E-state index in [9.17, 15) is 4.79 Å². The molecule has 1 amide bonds. The number of hydrogen-bond donors (Lipinski definition) is 1. The highest BCUT2D eigenvalue weighted by Gasteiger charge is 2.39. The minimum atomic E-state index is -0.0724.